The van der Waals surface area contributed by atoms with Crippen molar-refractivity contribution in [1.82, 2.24) is 0 Å². The van der Waals surface area contributed by atoms with Crippen LogP contribution < -0.4 is 0 Å². The Labute approximate surface area is 56.1 Å². The summed E-state index contributed by atoms with van der Waals surface area (Å²) in [7, 11) is 1.58. The lowest BCUT2D eigenvalue weighted by atomic mass is 10.1. The van der Waals surface area contributed by atoms with Crippen LogP contribution in [0.1, 0.15) is 13.3 Å². The Bertz CT molecular complexity index is 77.0. The Morgan fingerprint density at radius 3 is 2.44 bits per heavy atom. The zero-order valence-corrected chi connectivity index (χ0v) is 6.00. The third-order valence-electron chi connectivity index (χ3n) is 1.33. The van der Waals surface area contributed by atoms with Gasteiger partial charge in [-0.15, -0.1) is 6.58 Å². The van der Waals surface area contributed by atoms with Gasteiger partial charge in [0.15, 0.2) is 0 Å². The van der Waals surface area contributed by atoms with Gasteiger partial charge in [0.05, 0.1) is 12.2 Å². The lowest BCUT2D eigenvalue weighted by Crippen LogP contribution is -2.24. The van der Waals surface area contributed by atoms with Crippen LogP contribution in [0.25, 0.3) is 0 Å². The molecule has 0 amide bonds. The molecule has 54 valence electrons. The van der Waals surface area contributed by atoms with Gasteiger partial charge in [-0.25, -0.2) is 0 Å². The van der Waals surface area contributed by atoms with Crippen LogP contribution >= 0.6 is 0 Å². The van der Waals surface area contributed by atoms with Gasteiger partial charge >= 0.3 is 0 Å². The van der Waals surface area contributed by atoms with E-state index in [1.807, 2.05) is 6.92 Å². The number of aliphatic hydroxyl groups excluding tert-OH is 1. The van der Waals surface area contributed by atoms with Crippen LogP contribution in [0, 0.1) is 0 Å². The van der Waals surface area contributed by atoms with Gasteiger partial charge in [0.1, 0.15) is 0 Å². The smallest absolute Gasteiger partial charge is 0.0979 e. The van der Waals surface area contributed by atoms with Crippen LogP contribution in [0.4, 0.5) is 0 Å². The highest BCUT2D eigenvalue weighted by atomic mass is 16.5. The predicted molar refractivity (Wildman–Crippen MR) is 37.3 cm³/mol. The molecule has 0 aromatic heterocycles. The van der Waals surface area contributed by atoms with Gasteiger partial charge in [0, 0.05) is 7.11 Å². The van der Waals surface area contributed by atoms with E-state index >= 15 is 0 Å². The predicted octanol–water partition coefficient (Wildman–Crippen LogP) is 0.958. The van der Waals surface area contributed by atoms with Crippen LogP contribution in [0.5, 0.6) is 0 Å². The molecule has 0 aromatic carbocycles. The molecule has 2 nitrogen and oxygen atoms in total. The van der Waals surface area contributed by atoms with E-state index in [0.717, 1.165) is 6.42 Å². The minimum Gasteiger partial charge on any atom is -0.386 e. The number of methoxy groups -OCH3 is 1. The van der Waals surface area contributed by atoms with Gasteiger partial charge in [0.2, 0.25) is 0 Å². The van der Waals surface area contributed by atoms with Crippen LogP contribution in [-0.2, 0) is 4.74 Å². The molecular weight excluding hydrogens is 116 g/mol. The summed E-state index contributed by atoms with van der Waals surface area (Å²) in [6, 6.07) is 0. The average Bonchev–Trinajstić information content (AvgIpc) is 1.90. The van der Waals surface area contributed by atoms with Crippen molar-refractivity contribution in [2.75, 3.05) is 7.11 Å². The highest BCUT2D eigenvalue weighted by Gasteiger charge is 2.11. The first-order chi connectivity index (χ1) is 4.26. The van der Waals surface area contributed by atoms with Gasteiger partial charge in [-0.2, -0.15) is 0 Å². The molecule has 9 heavy (non-hydrogen) atoms. The van der Waals surface area contributed by atoms with E-state index in [1.54, 1.807) is 7.11 Å². The maximum Gasteiger partial charge on any atom is 0.0979 e. The maximum atomic E-state index is 9.07. The van der Waals surface area contributed by atoms with Crippen LogP contribution in [-0.4, -0.2) is 24.4 Å². The van der Waals surface area contributed by atoms with Gasteiger partial charge in [-0.3, -0.25) is 0 Å². The van der Waals surface area contributed by atoms with E-state index in [9.17, 15) is 0 Å². The molecule has 0 heterocycles. The summed E-state index contributed by atoms with van der Waals surface area (Å²) in [4.78, 5) is 0. The molecule has 1 N–H and O–H groups in total. The lowest BCUT2D eigenvalue weighted by molar-refractivity contribution is 0.0104. The molecule has 2 atom stereocenters. The van der Waals surface area contributed by atoms with Crippen LogP contribution in [0.2, 0.25) is 0 Å². The van der Waals surface area contributed by atoms with Crippen molar-refractivity contribution in [3.05, 3.63) is 12.7 Å². The lowest BCUT2D eigenvalue weighted by Gasteiger charge is -2.15. The first-order valence-corrected chi connectivity index (χ1v) is 3.09. The summed E-state index contributed by atoms with van der Waals surface area (Å²) in [5, 5.41) is 9.07. The van der Waals surface area contributed by atoms with Crippen molar-refractivity contribution < 1.29 is 9.84 Å². The maximum absolute atomic E-state index is 9.07. The normalized spacial score (nSPS) is 16.8. The fourth-order valence-corrected chi connectivity index (χ4v) is 0.699. The summed E-state index contributed by atoms with van der Waals surface area (Å²) in [5.74, 6) is 0. The average molecular weight is 130 g/mol. The topological polar surface area (TPSA) is 29.5 Å². The number of hydrogen-bond donors (Lipinski definition) is 1. The van der Waals surface area contributed by atoms with E-state index in [2.05, 4.69) is 6.58 Å². The first kappa shape index (κ1) is 8.66. The Kier molecular flexibility index (Phi) is 4.36. The fraction of sp³-hybridized carbons (Fsp3) is 0.714. The third kappa shape index (κ3) is 2.63. The van der Waals surface area contributed by atoms with Crippen LogP contribution in [0.15, 0.2) is 12.7 Å². The van der Waals surface area contributed by atoms with E-state index in [-0.39, 0.29) is 6.10 Å². The van der Waals surface area contributed by atoms with Crippen molar-refractivity contribution in [1.29, 1.82) is 0 Å². The van der Waals surface area contributed by atoms with Crippen molar-refractivity contribution in [3.63, 3.8) is 0 Å². The Morgan fingerprint density at radius 2 is 2.33 bits per heavy atom. The van der Waals surface area contributed by atoms with Crippen molar-refractivity contribution in [2.45, 2.75) is 25.6 Å². The summed E-state index contributed by atoms with van der Waals surface area (Å²) in [6.45, 7) is 5.41. The summed E-state index contributed by atoms with van der Waals surface area (Å²) in [5.41, 5.74) is 0. The summed E-state index contributed by atoms with van der Waals surface area (Å²) >= 11 is 0. The van der Waals surface area contributed by atoms with Crippen molar-refractivity contribution >= 4 is 0 Å². The molecule has 0 radical (unpaired) electrons. The molecular formula is C7H14O2. The molecule has 0 bridgehead atoms. The first-order valence-electron chi connectivity index (χ1n) is 3.09. The molecule has 2 unspecified atom stereocenters. The molecule has 0 saturated carbocycles. The van der Waals surface area contributed by atoms with Crippen LogP contribution in [0.3, 0.4) is 0 Å². The highest BCUT2D eigenvalue weighted by Crippen LogP contribution is 2.02. The van der Waals surface area contributed by atoms with E-state index in [4.69, 9.17) is 9.84 Å². The number of aliphatic hydroxyl groups is 1. The fourth-order valence-electron chi connectivity index (χ4n) is 0.699. The molecule has 0 aliphatic heterocycles. The molecule has 0 aliphatic rings. The number of ether oxygens (including phenoxy) is 1. The van der Waals surface area contributed by atoms with Gasteiger partial charge in [0.25, 0.3) is 0 Å². The second-order valence-electron chi connectivity index (χ2n) is 1.91. The van der Waals surface area contributed by atoms with E-state index in [1.165, 1.54) is 6.08 Å². The molecule has 0 saturated heterocycles. The highest BCUT2D eigenvalue weighted by molar-refractivity contribution is 4.84. The molecule has 0 aromatic rings. The Hall–Kier alpha value is -0.340. The van der Waals surface area contributed by atoms with Gasteiger partial charge in [-0.1, -0.05) is 13.0 Å². The SMILES string of the molecule is C=CC(O)C(CC)OC. The molecule has 2 heteroatoms. The van der Waals surface area contributed by atoms with Crippen molar-refractivity contribution in [3.8, 4) is 0 Å². The second-order valence-corrected chi connectivity index (χ2v) is 1.91. The minimum absolute atomic E-state index is 0.0949. The second kappa shape index (κ2) is 4.53. The Balaban J connectivity index is 3.63. The molecule has 0 aliphatic carbocycles. The molecule has 0 spiro atoms. The summed E-state index contributed by atoms with van der Waals surface area (Å²) in [6.07, 6.45) is 1.67. The zero-order valence-electron chi connectivity index (χ0n) is 6.00. The third-order valence-corrected chi connectivity index (χ3v) is 1.33. The minimum atomic E-state index is -0.528. The van der Waals surface area contributed by atoms with Crippen molar-refractivity contribution in [2.24, 2.45) is 0 Å². The molecule has 0 fully saturated rings. The molecule has 0 rings (SSSR count). The largest absolute Gasteiger partial charge is 0.386 e. The van der Waals surface area contributed by atoms with Gasteiger partial charge in [-0.05, 0) is 6.42 Å². The van der Waals surface area contributed by atoms with E-state index in [0.29, 0.717) is 0 Å². The van der Waals surface area contributed by atoms with Gasteiger partial charge < -0.3 is 9.84 Å². The standard InChI is InChI=1S/C7H14O2/c1-4-6(8)7(5-2)9-3/h4,6-8H,1,5H2,2-3H3. The Morgan fingerprint density at radius 1 is 1.78 bits per heavy atom. The number of hydrogen-bond acceptors (Lipinski definition) is 2. The monoisotopic (exact) mass is 130 g/mol. The quantitative estimate of drug-likeness (QED) is 0.574. The summed E-state index contributed by atoms with van der Waals surface area (Å²) < 4.78 is 4.93. The zero-order chi connectivity index (χ0) is 7.28. The van der Waals surface area contributed by atoms with E-state index < -0.39 is 6.10 Å². The number of rotatable bonds is 4.